The molecule has 1 unspecified atom stereocenters. The first-order valence-corrected chi connectivity index (χ1v) is 6.01. The molecule has 0 aliphatic carbocycles. The number of hydrogen-bond donors (Lipinski definition) is 1. The van der Waals surface area contributed by atoms with Gasteiger partial charge in [-0.3, -0.25) is 0 Å². The van der Waals surface area contributed by atoms with Crippen LogP contribution in [-0.4, -0.2) is 6.04 Å². The zero-order chi connectivity index (χ0) is 12.8. The zero-order valence-electron chi connectivity index (χ0n) is 10.4. The van der Waals surface area contributed by atoms with E-state index in [4.69, 9.17) is 10.5 Å². The molecule has 2 heteroatoms. The van der Waals surface area contributed by atoms with Crippen LogP contribution in [0.15, 0.2) is 60.7 Å². The van der Waals surface area contributed by atoms with Crippen LogP contribution in [0.3, 0.4) is 0 Å². The van der Waals surface area contributed by atoms with Gasteiger partial charge in [0.2, 0.25) is 0 Å². The summed E-state index contributed by atoms with van der Waals surface area (Å²) >= 11 is 0. The molecule has 2 aromatic rings. The number of nitrogens with two attached hydrogens (primary N) is 1. The average Bonchev–Trinajstić information content (AvgIpc) is 2.38. The largest absolute Gasteiger partial charge is 0.457 e. The highest BCUT2D eigenvalue weighted by Crippen LogP contribution is 2.22. The molecule has 0 aliphatic rings. The molecule has 0 spiro atoms. The maximum absolute atomic E-state index is 5.76. The summed E-state index contributed by atoms with van der Waals surface area (Å²) in [7, 11) is 0. The van der Waals surface area contributed by atoms with E-state index in [1.807, 2.05) is 73.7 Å². The SMILES string of the molecule is CC(N)/C=C\c1cccc(Oc2ccccc2)c1. The van der Waals surface area contributed by atoms with Crippen molar-refractivity contribution in [2.75, 3.05) is 0 Å². The van der Waals surface area contributed by atoms with Crippen molar-refractivity contribution in [1.29, 1.82) is 0 Å². The number of ether oxygens (including phenoxy) is 1. The molecule has 1 atom stereocenters. The van der Waals surface area contributed by atoms with E-state index < -0.39 is 0 Å². The monoisotopic (exact) mass is 239 g/mol. The summed E-state index contributed by atoms with van der Waals surface area (Å²) in [5, 5.41) is 0. The van der Waals surface area contributed by atoms with Crippen LogP contribution in [0.4, 0.5) is 0 Å². The molecule has 0 fully saturated rings. The lowest BCUT2D eigenvalue weighted by Crippen LogP contribution is -2.09. The third-order valence-corrected chi connectivity index (χ3v) is 2.43. The fourth-order valence-corrected chi connectivity index (χ4v) is 1.57. The predicted octanol–water partition coefficient (Wildman–Crippen LogP) is 3.84. The van der Waals surface area contributed by atoms with Crippen molar-refractivity contribution in [3.63, 3.8) is 0 Å². The second-order valence-corrected chi connectivity index (χ2v) is 4.21. The zero-order valence-corrected chi connectivity index (χ0v) is 10.4. The van der Waals surface area contributed by atoms with Gasteiger partial charge in [-0.05, 0) is 36.8 Å². The average molecular weight is 239 g/mol. The third-order valence-electron chi connectivity index (χ3n) is 2.43. The fraction of sp³-hybridized carbons (Fsp3) is 0.125. The Morgan fingerprint density at radius 1 is 1.00 bits per heavy atom. The van der Waals surface area contributed by atoms with Crippen molar-refractivity contribution in [3.05, 3.63) is 66.2 Å². The van der Waals surface area contributed by atoms with Crippen LogP contribution in [0.5, 0.6) is 11.5 Å². The molecule has 18 heavy (non-hydrogen) atoms. The molecular formula is C16H17NO. The molecule has 2 nitrogen and oxygen atoms in total. The summed E-state index contributed by atoms with van der Waals surface area (Å²) in [6.45, 7) is 1.95. The molecule has 0 saturated carbocycles. The topological polar surface area (TPSA) is 35.2 Å². The maximum atomic E-state index is 5.76. The van der Waals surface area contributed by atoms with E-state index in [9.17, 15) is 0 Å². The Morgan fingerprint density at radius 2 is 1.72 bits per heavy atom. The van der Waals surface area contributed by atoms with Crippen molar-refractivity contribution in [2.24, 2.45) is 5.73 Å². The van der Waals surface area contributed by atoms with E-state index in [0.29, 0.717) is 0 Å². The number of rotatable bonds is 4. The van der Waals surface area contributed by atoms with E-state index in [1.54, 1.807) is 0 Å². The van der Waals surface area contributed by atoms with Gasteiger partial charge in [0.1, 0.15) is 11.5 Å². The van der Waals surface area contributed by atoms with Crippen molar-refractivity contribution in [1.82, 2.24) is 0 Å². The van der Waals surface area contributed by atoms with Gasteiger partial charge in [-0.1, -0.05) is 42.5 Å². The second-order valence-electron chi connectivity index (χ2n) is 4.21. The molecule has 0 aliphatic heterocycles. The lowest BCUT2D eigenvalue weighted by atomic mass is 10.2. The van der Waals surface area contributed by atoms with Crippen LogP contribution in [0.25, 0.3) is 6.08 Å². The highest BCUT2D eigenvalue weighted by atomic mass is 16.5. The van der Waals surface area contributed by atoms with Crippen LogP contribution >= 0.6 is 0 Å². The van der Waals surface area contributed by atoms with E-state index >= 15 is 0 Å². The molecule has 2 rings (SSSR count). The van der Waals surface area contributed by atoms with Crippen molar-refractivity contribution in [2.45, 2.75) is 13.0 Å². The van der Waals surface area contributed by atoms with Crippen LogP contribution in [-0.2, 0) is 0 Å². The van der Waals surface area contributed by atoms with Gasteiger partial charge in [-0.15, -0.1) is 0 Å². The molecule has 0 radical (unpaired) electrons. The fourth-order valence-electron chi connectivity index (χ4n) is 1.57. The molecular weight excluding hydrogens is 222 g/mol. The number of hydrogen-bond acceptors (Lipinski definition) is 2. The van der Waals surface area contributed by atoms with Crippen molar-refractivity contribution < 1.29 is 4.74 Å². The summed E-state index contributed by atoms with van der Waals surface area (Å²) in [6.07, 6.45) is 3.96. The number of benzene rings is 2. The van der Waals surface area contributed by atoms with Crippen LogP contribution < -0.4 is 10.5 Å². The Hall–Kier alpha value is -2.06. The van der Waals surface area contributed by atoms with Gasteiger partial charge in [0.15, 0.2) is 0 Å². The van der Waals surface area contributed by atoms with E-state index in [-0.39, 0.29) is 6.04 Å². The van der Waals surface area contributed by atoms with Crippen LogP contribution in [0.2, 0.25) is 0 Å². The summed E-state index contributed by atoms with van der Waals surface area (Å²) in [6, 6.07) is 17.7. The molecule has 0 saturated heterocycles. The van der Waals surface area contributed by atoms with Crippen LogP contribution in [0, 0.1) is 0 Å². The molecule has 0 bridgehead atoms. The summed E-state index contributed by atoms with van der Waals surface area (Å²) in [4.78, 5) is 0. The Balaban J connectivity index is 2.13. The van der Waals surface area contributed by atoms with E-state index in [1.165, 1.54) is 0 Å². The lowest BCUT2D eigenvalue weighted by molar-refractivity contribution is 0.482. The summed E-state index contributed by atoms with van der Waals surface area (Å²) in [5.41, 5.74) is 6.77. The Kier molecular flexibility index (Phi) is 4.15. The maximum Gasteiger partial charge on any atom is 0.128 e. The first-order chi connectivity index (χ1) is 8.74. The highest BCUT2D eigenvalue weighted by molar-refractivity contribution is 5.52. The summed E-state index contributed by atoms with van der Waals surface area (Å²) in [5.74, 6) is 1.67. The number of para-hydroxylation sites is 1. The second kappa shape index (κ2) is 6.03. The normalized spacial score (nSPS) is 12.6. The van der Waals surface area contributed by atoms with Gasteiger partial charge >= 0.3 is 0 Å². The minimum atomic E-state index is 0.0590. The molecule has 0 amide bonds. The summed E-state index contributed by atoms with van der Waals surface area (Å²) < 4.78 is 5.76. The van der Waals surface area contributed by atoms with Crippen molar-refractivity contribution in [3.8, 4) is 11.5 Å². The Labute approximate surface area is 108 Å². The molecule has 92 valence electrons. The Morgan fingerprint density at radius 3 is 2.44 bits per heavy atom. The highest BCUT2D eigenvalue weighted by Gasteiger charge is 1.97. The minimum Gasteiger partial charge on any atom is -0.457 e. The van der Waals surface area contributed by atoms with Gasteiger partial charge in [0, 0.05) is 6.04 Å². The van der Waals surface area contributed by atoms with Gasteiger partial charge in [-0.2, -0.15) is 0 Å². The third kappa shape index (κ3) is 3.75. The Bertz CT molecular complexity index is 518. The molecule has 2 aromatic carbocycles. The van der Waals surface area contributed by atoms with Gasteiger partial charge in [0.25, 0.3) is 0 Å². The van der Waals surface area contributed by atoms with E-state index in [0.717, 1.165) is 17.1 Å². The minimum absolute atomic E-state index is 0.0590. The van der Waals surface area contributed by atoms with E-state index in [2.05, 4.69) is 0 Å². The molecule has 0 heterocycles. The first-order valence-electron chi connectivity index (χ1n) is 6.01. The lowest BCUT2D eigenvalue weighted by Gasteiger charge is -2.06. The van der Waals surface area contributed by atoms with Gasteiger partial charge in [-0.25, -0.2) is 0 Å². The quantitative estimate of drug-likeness (QED) is 0.879. The van der Waals surface area contributed by atoms with Crippen molar-refractivity contribution >= 4 is 6.08 Å². The van der Waals surface area contributed by atoms with Crippen LogP contribution in [0.1, 0.15) is 12.5 Å². The standard InChI is InChI=1S/C16H17NO/c1-13(17)10-11-14-6-5-9-16(12-14)18-15-7-3-2-4-8-15/h2-13H,17H2,1H3/b11-10-. The molecule has 0 aromatic heterocycles. The molecule has 2 N–H and O–H groups in total. The predicted molar refractivity (Wildman–Crippen MR) is 75.6 cm³/mol. The van der Waals surface area contributed by atoms with Gasteiger partial charge in [0.05, 0.1) is 0 Å². The van der Waals surface area contributed by atoms with Gasteiger partial charge < -0.3 is 10.5 Å². The smallest absolute Gasteiger partial charge is 0.128 e. The first kappa shape index (κ1) is 12.4.